The SMILES string of the molecule is C=CCN=c1scc(-c2ccc(OC(F)F)cc2)n1/N=C\C1CCCCC1. The largest absolute Gasteiger partial charge is 0.435 e. The number of alkyl halides is 2. The van der Waals surface area contributed by atoms with E-state index < -0.39 is 6.61 Å². The number of benzene rings is 1. The minimum Gasteiger partial charge on any atom is -0.435 e. The highest BCUT2D eigenvalue weighted by Crippen LogP contribution is 2.25. The smallest absolute Gasteiger partial charge is 0.387 e. The summed E-state index contributed by atoms with van der Waals surface area (Å²) in [5.41, 5.74) is 1.74. The Hall–Kier alpha value is -2.28. The fourth-order valence-corrected chi connectivity index (χ4v) is 3.96. The molecule has 1 heterocycles. The predicted molar refractivity (Wildman–Crippen MR) is 105 cm³/mol. The Balaban J connectivity index is 1.91. The van der Waals surface area contributed by atoms with Gasteiger partial charge in [0.1, 0.15) is 5.75 Å². The highest BCUT2D eigenvalue weighted by molar-refractivity contribution is 7.07. The van der Waals surface area contributed by atoms with Gasteiger partial charge in [0.15, 0.2) is 0 Å². The van der Waals surface area contributed by atoms with Crippen LogP contribution in [0.15, 0.2) is 52.4 Å². The van der Waals surface area contributed by atoms with Gasteiger partial charge < -0.3 is 4.74 Å². The van der Waals surface area contributed by atoms with E-state index in [0.29, 0.717) is 12.5 Å². The molecule has 1 aromatic carbocycles. The number of hydrogen-bond acceptors (Lipinski definition) is 4. The summed E-state index contributed by atoms with van der Waals surface area (Å²) in [6.45, 7) is 1.40. The van der Waals surface area contributed by atoms with Crippen molar-refractivity contribution in [2.75, 3.05) is 6.54 Å². The Labute approximate surface area is 161 Å². The van der Waals surface area contributed by atoms with Crippen molar-refractivity contribution in [3.8, 4) is 17.0 Å². The molecule has 1 fully saturated rings. The number of rotatable bonds is 7. The van der Waals surface area contributed by atoms with Crippen molar-refractivity contribution in [2.45, 2.75) is 38.7 Å². The molecule has 27 heavy (non-hydrogen) atoms. The van der Waals surface area contributed by atoms with Crippen LogP contribution >= 0.6 is 11.3 Å². The molecule has 1 aliphatic carbocycles. The number of halogens is 2. The maximum atomic E-state index is 12.3. The zero-order valence-corrected chi connectivity index (χ0v) is 15.9. The Bertz CT molecular complexity index is 834. The third kappa shape index (κ3) is 5.35. The third-order valence-corrected chi connectivity index (χ3v) is 5.31. The molecule has 1 aromatic heterocycles. The van der Waals surface area contributed by atoms with Gasteiger partial charge >= 0.3 is 6.61 Å². The summed E-state index contributed by atoms with van der Waals surface area (Å²) in [5, 5.41) is 6.69. The number of hydrogen-bond donors (Lipinski definition) is 0. The Morgan fingerprint density at radius 1 is 1.22 bits per heavy atom. The summed E-state index contributed by atoms with van der Waals surface area (Å²) in [7, 11) is 0. The Morgan fingerprint density at radius 3 is 2.63 bits per heavy atom. The second kappa shape index (κ2) is 9.60. The van der Waals surface area contributed by atoms with Crippen LogP contribution in [-0.2, 0) is 0 Å². The average Bonchev–Trinajstić information content (AvgIpc) is 3.08. The second-order valence-corrected chi connectivity index (χ2v) is 7.25. The van der Waals surface area contributed by atoms with Gasteiger partial charge in [0.25, 0.3) is 0 Å². The Kier molecular flexibility index (Phi) is 6.92. The van der Waals surface area contributed by atoms with E-state index in [1.165, 1.54) is 55.6 Å². The van der Waals surface area contributed by atoms with E-state index in [9.17, 15) is 8.78 Å². The number of nitrogens with zero attached hydrogens (tertiary/aromatic N) is 3. The molecule has 0 unspecified atom stereocenters. The van der Waals surface area contributed by atoms with Crippen LogP contribution in [0.4, 0.5) is 8.78 Å². The summed E-state index contributed by atoms with van der Waals surface area (Å²) >= 11 is 1.50. The van der Waals surface area contributed by atoms with Crippen molar-refractivity contribution in [1.29, 1.82) is 0 Å². The van der Waals surface area contributed by atoms with Crippen LogP contribution in [0.1, 0.15) is 32.1 Å². The van der Waals surface area contributed by atoms with Crippen LogP contribution in [-0.4, -0.2) is 24.0 Å². The van der Waals surface area contributed by atoms with Crippen LogP contribution in [0.5, 0.6) is 5.75 Å². The van der Waals surface area contributed by atoms with E-state index in [1.54, 1.807) is 18.2 Å². The van der Waals surface area contributed by atoms with Crippen molar-refractivity contribution in [3.05, 3.63) is 47.1 Å². The number of thiazole rings is 1. The molecular weight excluding hydrogens is 368 g/mol. The number of aromatic nitrogens is 1. The molecule has 0 bridgehead atoms. The van der Waals surface area contributed by atoms with E-state index in [1.807, 2.05) is 16.3 Å². The lowest BCUT2D eigenvalue weighted by Crippen LogP contribution is -2.15. The normalized spacial score (nSPS) is 16.3. The van der Waals surface area contributed by atoms with Gasteiger partial charge in [0.05, 0.1) is 12.2 Å². The van der Waals surface area contributed by atoms with E-state index >= 15 is 0 Å². The zero-order chi connectivity index (χ0) is 19.1. The molecule has 0 aliphatic heterocycles. The van der Waals surface area contributed by atoms with Crippen molar-refractivity contribution in [3.63, 3.8) is 0 Å². The van der Waals surface area contributed by atoms with Crippen LogP contribution < -0.4 is 9.54 Å². The average molecular weight is 391 g/mol. The van der Waals surface area contributed by atoms with Gasteiger partial charge in [0.2, 0.25) is 4.80 Å². The highest BCUT2D eigenvalue weighted by atomic mass is 32.1. The molecule has 0 saturated heterocycles. The van der Waals surface area contributed by atoms with Gasteiger partial charge in [-0.2, -0.15) is 13.9 Å². The first-order valence-corrected chi connectivity index (χ1v) is 9.97. The maximum absolute atomic E-state index is 12.3. The fourth-order valence-electron chi connectivity index (χ4n) is 3.11. The fraction of sp³-hybridized carbons (Fsp3) is 0.400. The highest BCUT2D eigenvalue weighted by Gasteiger charge is 2.13. The summed E-state index contributed by atoms with van der Waals surface area (Å²) in [4.78, 5) is 5.30. The van der Waals surface area contributed by atoms with Gasteiger partial charge in [-0.25, -0.2) is 4.68 Å². The molecule has 1 saturated carbocycles. The molecule has 4 nitrogen and oxygen atoms in total. The first-order chi connectivity index (χ1) is 13.2. The molecule has 144 valence electrons. The summed E-state index contributed by atoms with van der Waals surface area (Å²) in [5.74, 6) is 0.630. The minimum absolute atomic E-state index is 0.137. The monoisotopic (exact) mass is 391 g/mol. The molecule has 7 heteroatoms. The van der Waals surface area contributed by atoms with Gasteiger partial charge in [-0.15, -0.1) is 17.9 Å². The minimum atomic E-state index is -2.83. The van der Waals surface area contributed by atoms with Gasteiger partial charge in [-0.3, -0.25) is 4.99 Å². The quantitative estimate of drug-likeness (QED) is 0.465. The van der Waals surface area contributed by atoms with Crippen LogP contribution in [0, 0.1) is 5.92 Å². The molecule has 0 spiro atoms. The summed E-state index contributed by atoms with van der Waals surface area (Å²) in [6, 6.07) is 6.58. The topological polar surface area (TPSA) is 38.9 Å². The van der Waals surface area contributed by atoms with E-state index in [4.69, 9.17) is 5.10 Å². The molecule has 0 atom stereocenters. The molecule has 0 radical (unpaired) electrons. The van der Waals surface area contributed by atoms with E-state index in [-0.39, 0.29) is 5.75 Å². The molecule has 0 N–H and O–H groups in total. The molecule has 3 rings (SSSR count). The first kappa shape index (κ1) is 19.5. The van der Waals surface area contributed by atoms with Crippen LogP contribution in [0.2, 0.25) is 0 Å². The van der Waals surface area contributed by atoms with Crippen molar-refractivity contribution in [2.24, 2.45) is 16.0 Å². The molecule has 0 amide bonds. The lowest BCUT2D eigenvalue weighted by Gasteiger charge is -2.17. The zero-order valence-electron chi connectivity index (χ0n) is 15.1. The summed E-state index contributed by atoms with van der Waals surface area (Å²) < 4.78 is 30.9. The van der Waals surface area contributed by atoms with Crippen molar-refractivity contribution in [1.82, 2.24) is 4.68 Å². The molecule has 1 aliphatic rings. The van der Waals surface area contributed by atoms with Crippen molar-refractivity contribution >= 4 is 17.6 Å². The standard InChI is InChI=1S/C20H23F2N3OS/c1-2-12-23-20-25(24-13-15-6-4-3-5-7-15)18(14-27-20)16-8-10-17(11-9-16)26-19(21)22/h2,8-11,13-15,19H,1,3-7,12H2/b23-20?,24-13-. The van der Waals surface area contributed by atoms with Gasteiger partial charge in [-0.05, 0) is 43.0 Å². The maximum Gasteiger partial charge on any atom is 0.387 e. The van der Waals surface area contributed by atoms with E-state index in [0.717, 1.165) is 16.1 Å². The Morgan fingerprint density at radius 2 is 1.96 bits per heavy atom. The van der Waals surface area contributed by atoms with Crippen LogP contribution in [0.3, 0.4) is 0 Å². The first-order valence-electron chi connectivity index (χ1n) is 9.09. The predicted octanol–water partition coefficient (Wildman–Crippen LogP) is 5.32. The van der Waals surface area contributed by atoms with E-state index in [2.05, 4.69) is 16.3 Å². The van der Waals surface area contributed by atoms with Crippen LogP contribution in [0.25, 0.3) is 11.3 Å². The lowest BCUT2D eigenvalue weighted by molar-refractivity contribution is -0.0498. The van der Waals surface area contributed by atoms with Gasteiger partial charge in [-0.1, -0.05) is 25.3 Å². The third-order valence-electron chi connectivity index (χ3n) is 4.46. The molecule has 2 aromatic rings. The van der Waals surface area contributed by atoms with Crippen molar-refractivity contribution < 1.29 is 13.5 Å². The molecular formula is C20H23F2N3OS. The lowest BCUT2D eigenvalue weighted by atomic mass is 9.90. The second-order valence-electron chi connectivity index (χ2n) is 6.41. The number of ether oxygens (including phenoxy) is 1. The van der Waals surface area contributed by atoms with Gasteiger partial charge in [0, 0.05) is 17.2 Å². The summed E-state index contributed by atoms with van der Waals surface area (Å²) in [6.07, 6.45) is 9.90.